The summed E-state index contributed by atoms with van der Waals surface area (Å²) in [7, 11) is 3.23. The lowest BCUT2D eigenvalue weighted by molar-refractivity contribution is -0.129. The molecule has 0 aromatic heterocycles. The van der Waals surface area contributed by atoms with E-state index in [4.69, 9.17) is 9.47 Å². The van der Waals surface area contributed by atoms with Gasteiger partial charge in [0.25, 0.3) is 0 Å². The summed E-state index contributed by atoms with van der Waals surface area (Å²) in [6.07, 6.45) is 2.28. The van der Waals surface area contributed by atoms with E-state index in [1.807, 2.05) is 36.1 Å². The van der Waals surface area contributed by atoms with Crippen molar-refractivity contribution in [1.82, 2.24) is 10.2 Å². The van der Waals surface area contributed by atoms with Crippen LogP contribution in [-0.2, 0) is 14.3 Å². The van der Waals surface area contributed by atoms with Gasteiger partial charge in [-0.1, -0.05) is 12.1 Å². The third-order valence-corrected chi connectivity index (χ3v) is 4.88. The predicted molar refractivity (Wildman–Crippen MR) is 93.2 cm³/mol. The zero-order valence-corrected chi connectivity index (χ0v) is 15.0. The van der Waals surface area contributed by atoms with Gasteiger partial charge in [-0.25, -0.2) is 0 Å². The largest absolute Gasteiger partial charge is 0.497 e. The third kappa shape index (κ3) is 3.79. The molecule has 0 bridgehead atoms. The van der Waals surface area contributed by atoms with Crippen molar-refractivity contribution in [2.24, 2.45) is 5.92 Å². The van der Waals surface area contributed by atoms with Gasteiger partial charge in [0.1, 0.15) is 5.75 Å². The number of hydrogen-bond donors (Lipinski definition) is 1. The van der Waals surface area contributed by atoms with Crippen molar-refractivity contribution in [2.45, 2.75) is 44.3 Å². The van der Waals surface area contributed by atoms with Crippen LogP contribution < -0.4 is 10.1 Å². The van der Waals surface area contributed by atoms with E-state index in [0.29, 0.717) is 6.61 Å². The van der Waals surface area contributed by atoms with Gasteiger partial charge in [-0.2, -0.15) is 0 Å². The Bertz CT molecular complexity index is 644. The number of nitrogens with zero attached hydrogens (tertiary/aromatic N) is 1. The van der Waals surface area contributed by atoms with Crippen molar-refractivity contribution in [3.63, 3.8) is 0 Å². The molecule has 1 N–H and O–H groups in total. The maximum Gasteiger partial charge on any atom is 0.226 e. The maximum atomic E-state index is 12.8. The van der Waals surface area contributed by atoms with Crippen LogP contribution in [0.25, 0.3) is 0 Å². The Balaban J connectivity index is 1.87. The summed E-state index contributed by atoms with van der Waals surface area (Å²) in [5.74, 6) is 0.322. The van der Waals surface area contributed by atoms with Gasteiger partial charge >= 0.3 is 0 Å². The first-order valence-corrected chi connectivity index (χ1v) is 8.79. The Kier molecular flexibility index (Phi) is 5.27. The number of benzene rings is 1. The lowest BCUT2D eigenvalue weighted by Crippen LogP contribution is -2.41. The number of nitrogens with one attached hydrogen (secondary N) is 1. The average molecular weight is 346 g/mol. The molecule has 2 fully saturated rings. The van der Waals surface area contributed by atoms with Crippen molar-refractivity contribution in [3.05, 3.63) is 29.8 Å². The Morgan fingerprint density at radius 1 is 1.36 bits per heavy atom. The van der Waals surface area contributed by atoms with Gasteiger partial charge < -0.3 is 19.7 Å². The van der Waals surface area contributed by atoms with E-state index < -0.39 is 0 Å². The zero-order valence-electron chi connectivity index (χ0n) is 15.0. The normalized spacial score (nSPS) is 24.3. The third-order valence-electron chi connectivity index (χ3n) is 4.88. The second-order valence-electron chi connectivity index (χ2n) is 6.93. The fraction of sp³-hybridized carbons (Fsp3) is 0.579. The molecular weight excluding hydrogens is 320 g/mol. The predicted octanol–water partition coefficient (Wildman–Crippen LogP) is 1.90. The van der Waals surface area contributed by atoms with E-state index in [1.54, 1.807) is 14.2 Å². The minimum Gasteiger partial charge on any atom is -0.497 e. The summed E-state index contributed by atoms with van der Waals surface area (Å²) in [5, 5.41) is 2.98. The molecule has 2 amide bonds. The van der Waals surface area contributed by atoms with Crippen LogP contribution in [0.15, 0.2) is 24.3 Å². The fourth-order valence-corrected chi connectivity index (χ4v) is 3.63. The number of carbonyl (C=O) groups is 2. The van der Waals surface area contributed by atoms with Crippen LogP contribution in [0.5, 0.6) is 5.75 Å². The molecule has 2 aliphatic rings. The molecule has 3 unspecified atom stereocenters. The highest BCUT2D eigenvalue weighted by molar-refractivity contribution is 5.91. The number of likely N-dealkylation sites (tertiary alicyclic amines) is 1. The van der Waals surface area contributed by atoms with E-state index >= 15 is 0 Å². The summed E-state index contributed by atoms with van der Waals surface area (Å²) in [4.78, 5) is 27.4. The molecule has 136 valence electrons. The van der Waals surface area contributed by atoms with E-state index in [1.165, 1.54) is 0 Å². The number of rotatable bonds is 7. The van der Waals surface area contributed by atoms with Crippen molar-refractivity contribution in [1.29, 1.82) is 0 Å². The molecule has 3 rings (SSSR count). The summed E-state index contributed by atoms with van der Waals surface area (Å²) >= 11 is 0. The molecule has 1 aliphatic carbocycles. The number of carbonyl (C=O) groups excluding carboxylic acids is 2. The highest BCUT2D eigenvalue weighted by Crippen LogP contribution is 2.45. The summed E-state index contributed by atoms with van der Waals surface area (Å²) in [6, 6.07) is 7.62. The van der Waals surface area contributed by atoms with Crippen LogP contribution in [0.3, 0.4) is 0 Å². The number of hydrogen-bond acceptors (Lipinski definition) is 4. The lowest BCUT2D eigenvalue weighted by atomic mass is 9.92. The molecule has 1 aliphatic heterocycles. The van der Waals surface area contributed by atoms with Crippen LogP contribution in [-0.4, -0.2) is 49.6 Å². The fourth-order valence-electron chi connectivity index (χ4n) is 3.63. The van der Waals surface area contributed by atoms with Crippen LogP contribution in [0.2, 0.25) is 0 Å². The topological polar surface area (TPSA) is 67.9 Å². The highest BCUT2D eigenvalue weighted by atomic mass is 16.5. The first kappa shape index (κ1) is 17.7. The van der Waals surface area contributed by atoms with Crippen molar-refractivity contribution in [2.75, 3.05) is 20.8 Å². The molecular formula is C19H26N2O4. The smallest absolute Gasteiger partial charge is 0.226 e. The van der Waals surface area contributed by atoms with Crippen LogP contribution in [0.4, 0.5) is 0 Å². The first-order valence-electron chi connectivity index (χ1n) is 8.79. The molecule has 3 atom stereocenters. The van der Waals surface area contributed by atoms with Gasteiger partial charge in [0.2, 0.25) is 11.8 Å². The van der Waals surface area contributed by atoms with E-state index in [0.717, 1.165) is 24.2 Å². The Morgan fingerprint density at radius 3 is 2.76 bits per heavy atom. The molecule has 1 aromatic rings. The molecule has 1 heterocycles. The molecule has 6 nitrogen and oxygen atoms in total. The Hall–Kier alpha value is -2.08. The Morgan fingerprint density at radius 2 is 2.12 bits per heavy atom. The standard InChI is InChI=1S/C19H26N2O4/c1-12(11-24-2)20-19(23)16-10-17(22)21(14-7-8-14)18(16)13-5-4-6-15(9-13)25-3/h4-6,9,12,14,16,18H,7-8,10-11H2,1-3H3,(H,20,23). The quantitative estimate of drug-likeness (QED) is 0.819. The highest BCUT2D eigenvalue weighted by Gasteiger charge is 2.49. The van der Waals surface area contributed by atoms with Crippen molar-refractivity contribution < 1.29 is 19.1 Å². The van der Waals surface area contributed by atoms with Crippen LogP contribution in [0, 0.1) is 5.92 Å². The average Bonchev–Trinajstić information content (AvgIpc) is 3.37. The van der Waals surface area contributed by atoms with Gasteiger partial charge in [0.05, 0.1) is 25.7 Å². The Labute approximate surface area is 148 Å². The van der Waals surface area contributed by atoms with Gasteiger partial charge in [-0.3, -0.25) is 9.59 Å². The number of amides is 2. The minimum absolute atomic E-state index is 0.0647. The van der Waals surface area contributed by atoms with Gasteiger partial charge in [0.15, 0.2) is 0 Å². The molecule has 25 heavy (non-hydrogen) atoms. The minimum atomic E-state index is -0.389. The molecule has 1 aromatic carbocycles. The molecule has 0 spiro atoms. The lowest BCUT2D eigenvalue weighted by Gasteiger charge is -2.29. The number of ether oxygens (including phenoxy) is 2. The summed E-state index contributed by atoms with van der Waals surface area (Å²) < 4.78 is 10.4. The zero-order chi connectivity index (χ0) is 18.0. The molecule has 1 saturated carbocycles. The SMILES string of the molecule is COCC(C)NC(=O)C1CC(=O)N(C2CC2)C1c1cccc(OC)c1. The second-order valence-corrected chi connectivity index (χ2v) is 6.93. The molecule has 1 saturated heterocycles. The monoisotopic (exact) mass is 346 g/mol. The summed E-state index contributed by atoms with van der Waals surface area (Å²) in [6.45, 7) is 2.35. The van der Waals surface area contributed by atoms with Crippen LogP contribution in [0.1, 0.15) is 37.8 Å². The van der Waals surface area contributed by atoms with E-state index in [9.17, 15) is 9.59 Å². The van der Waals surface area contributed by atoms with Gasteiger partial charge in [0, 0.05) is 25.6 Å². The van der Waals surface area contributed by atoms with Gasteiger partial charge in [-0.15, -0.1) is 0 Å². The first-order chi connectivity index (χ1) is 12.0. The van der Waals surface area contributed by atoms with Crippen molar-refractivity contribution >= 4 is 11.8 Å². The summed E-state index contributed by atoms with van der Waals surface area (Å²) in [5.41, 5.74) is 0.955. The maximum absolute atomic E-state index is 12.8. The van der Waals surface area contributed by atoms with E-state index in [-0.39, 0.29) is 42.3 Å². The van der Waals surface area contributed by atoms with Crippen molar-refractivity contribution in [3.8, 4) is 5.75 Å². The van der Waals surface area contributed by atoms with Crippen LogP contribution >= 0.6 is 0 Å². The van der Waals surface area contributed by atoms with E-state index in [2.05, 4.69) is 5.32 Å². The second kappa shape index (κ2) is 7.44. The van der Waals surface area contributed by atoms with Gasteiger partial charge in [-0.05, 0) is 37.5 Å². The molecule has 0 radical (unpaired) electrons. The number of methoxy groups -OCH3 is 2. The molecule has 6 heteroatoms.